The van der Waals surface area contributed by atoms with Crippen molar-refractivity contribution in [2.75, 3.05) is 24.6 Å². The molecule has 1 aromatic carbocycles. The molecule has 1 aliphatic rings. The molecule has 1 aromatic rings. The van der Waals surface area contributed by atoms with Crippen molar-refractivity contribution < 1.29 is 13.5 Å². The Morgan fingerprint density at radius 3 is 2.87 bits per heavy atom. The van der Waals surface area contributed by atoms with Crippen LogP contribution in [0.2, 0.25) is 0 Å². The number of fused-ring (bicyclic) bond motifs is 1. The molecular formula is C10H11NO3S. The van der Waals surface area contributed by atoms with Crippen LogP contribution in [0.5, 0.6) is 0 Å². The molecule has 1 N–H and O–H groups in total. The SMILES string of the molecule is O=S1(=O)[C]CN(CCO)c2ccccc21. The van der Waals surface area contributed by atoms with Gasteiger partial charge in [0.2, 0.25) is 0 Å². The lowest BCUT2D eigenvalue weighted by atomic mass is 10.3. The van der Waals surface area contributed by atoms with Crippen LogP contribution in [0.3, 0.4) is 0 Å². The van der Waals surface area contributed by atoms with Gasteiger partial charge in [-0.15, -0.1) is 0 Å². The zero-order chi connectivity index (χ0) is 10.9. The Hall–Kier alpha value is -1.07. The molecule has 2 radical (unpaired) electrons. The molecule has 80 valence electrons. The molecule has 0 bridgehead atoms. The van der Waals surface area contributed by atoms with E-state index in [0.29, 0.717) is 12.2 Å². The largest absolute Gasteiger partial charge is 0.395 e. The number of aliphatic hydroxyl groups is 1. The van der Waals surface area contributed by atoms with Crippen molar-refractivity contribution in [2.24, 2.45) is 0 Å². The number of nitrogens with zero attached hydrogens (tertiary/aromatic N) is 1. The Kier molecular flexibility index (Phi) is 2.67. The Bertz CT molecular complexity index is 455. The smallest absolute Gasteiger partial charge is 0.191 e. The van der Waals surface area contributed by atoms with E-state index in [9.17, 15) is 8.42 Å². The van der Waals surface area contributed by atoms with Gasteiger partial charge < -0.3 is 10.0 Å². The number of benzene rings is 1. The van der Waals surface area contributed by atoms with E-state index in [-0.39, 0.29) is 18.0 Å². The van der Waals surface area contributed by atoms with Gasteiger partial charge in [-0.1, -0.05) is 12.1 Å². The summed E-state index contributed by atoms with van der Waals surface area (Å²) in [7, 11) is -3.37. The number of anilines is 1. The van der Waals surface area contributed by atoms with Gasteiger partial charge in [-0.05, 0) is 12.1 Å². The van der Waals surface area contributed by atoms with Gasteiger partial charge in [0, 0.05) is 13.1 Å². The Balaban J connectivity index is 2.49. The highest BCUT2D eigenvalue weighted by molar-refractivity contribution is 7.93. The first-order chi connectivity index (χ1) is 7.15. The molecule has 5 heteroatoms. The summed E-state index contributed by atoms with van der Waals surface area (Å²) in [6.45, 7) is 0.621. The van der Waals surface area contributed by atoms with E-state index in [1.165, 1.54) is 0 Å². The summed E-state index contributed by atoms with van der Waals surface area (Å²) in [5.74, 6) is 2.44. The van der Waals surface area contributed by atoms with Crippen molar-refractivity contribution in [3.63, 3.8) is 0 Å². The van der Waals surface area contributed by atoms with Crippen LogP contribution in [0.4, 0.5) is 5.69 Å². The monoisotopic (exact) mass is 225 g/mol. The highest BCUT2D eigenvalue weighted by atomic mass is 32.2. The summed E-state index contributed by atoms with van der Waals surface area (Å²) in [4.78, 5) is 2.06. The molecule has 0 spiro atoms. The number of aliphatic hydroxyl groups excluding tert-OH is 1. The van der Waals surface area contributed by atoms with Crippen LogP contribution >= 0.6 is 0 Å². The highest BCUT2D eigenvalue weighted by Gasteiger charge is 2.28. The molecule has 0 aliphatic carbocycles. The van der Waals surface area contributed by atoms with Gasteiger partial charge in [0.1, 0.15) is 5.75 Å². The average Bonchev–Trinajstić information content (AvgIpc) is 2.23. The van der Waals surface area contributed by atoms with Crippen LogP contribution in [0.1, 0.15) is 0 Å². The van der Waals surface area contributed by atoms with Gasteiger partial charge >= 0.3 is 0 Å². The normalized spacial score (nSPS) is 18.6. The zero-order valence-electron chi connectivity index (χ0n) is 8.05. The minimum absolute atomic E-state index is 0.00391. The molecular weight excluding hydrogens is 214 g/mol. The number of hydrogen-bond donors (Lipinski definition) is 1. The van der Waals surface area contributed by atoms with E-state index in [2.05, 4.69) is 5.75 Å². The third-order valence-electron chi connectivity index (χ3n) is 2.31. The molecule has 15 heavy (non-hydrogen) atoms. The fourth-order valence-corrected chi connectivity index (χ4v) is 2.80. The lowest BCUT2D eigenvalue weighted by Crippen LogP contribution is -2.34. The number of hydrogen-bond acceptors (Lipinski definition) is 4. The van der Waals surface area contributed by atoms with E-state index in [4.69, 9.17) is 5.11 Å². The summed E-state index contributed by atoms with van der Waals surface area (Å²) >= 11 is 0. The molecule has 1 heterocycles. The van der Waals surface area contributed by atoms with Crippen LogP contribution in [0.15, 0.2) is 29.2 Å². The first-order valence-corrected chi connectivity index (χ1v) is 6.08. The number of rotatable bonds is 2. The number of para-hydroxylation sites is 1. The Morgan fingerprint density at radius 2 is 2.13 bits per heavy atom. The summed E-state index contributed by atoms with van der Waals surface area (Å²) in [5.41, 5.74) is 0.644. The van der Waals surface area contributed by atoms with Crippen molar-refractivity contribution in [3.05, 3.63) is 30.0 Å². The van der Waals surface area contributed by atoms with Crippen LogP contribution in [-0.2, 0) is 9.84 Å². The zero-order valence-corrected chi connectivity index (χ0v) is 8.87. The number of sulfone groups is 1. The highest BCUT2D eigenvalue weighted by Crippen LogP contribution is 2.31. The van der Waals surface area contributed by atoms with Crippen LogP contribution in [0.25, 0.3) is 0 Å². The molecule has 0 aromatic heterocycles. The van der Waals surface area contributed by atoms with Gasteiger partial charge in [0.25, 0.3) is 0 Å². The lowest BCUT2D eigenvalue weighted by Gasteiger charge is -2.29. The van der Waals surface area contributed by atoms with Crippen molar-refractivity contribution in [1.82, 2.24) is 0 Å². The predicted molar refractivity (Wildman–Crippen MR) is 56.2 cm³/mol. The van der Waals surface area contributed by atoms with Gasteiger partial charge in [0.15, 0.2) is 9.84 Å². The molecule has 1 aliphatic heterocycles. The maximum atomic E-state index is 11.6. The molecule has 0 amide bonds. The van der Waals surface area contributed by atoms with Crippen LogP contribution in [-0.4, -0.2) is 33.2 Å². The van der Waals surface area contributed by atoms with Gasteiger partial charge in [-0.25, -0.2) is 8.42 Å². The summed E-state index contributed by atoms with van der Waals surface area (Å²) in [5, 5.41) is 8.86. The third kappa shape index (κ3) is 1.85. The van der Waals surface area contributed by atoms with E-state index in [1.807, 2.05) is 0 Å². The summed E-state index contributed by atoms with van der Waals surface area (Å²) in [6, 6.07) is 6.76. The fraction of sp³-hybridized carbons (Fsp3) is 0.300. The second-order valence-electron chi connectivity index (χ2n) is 3.26. The number of β-amino-alcohol motifs (C(OH)–C–C–N with tert-alkyl or cyclic N) is 1. The summed E-state index contributed by atoms with van der Waals surface area (Å²) < 4.78 is 23.2. The molecule has 0 fully saturated rings. The quantitative estimate of drug-likeness (QED) is 0.787. The van der Waals surface area contributed by atoms with Gasteiger partial charge in [-0.2, -0.15) is 0 Å². The Labute approximate surface area is 89.1 Å². The minimum atomic E-state index is -3.37. The first-order valence-electron chi connectivity index (χ1n) is 4.59. The standard InChI is InChI=1S/C10H11NO3S/c12-7-5-11-6-8-15(13,14)10-4-2-1-3-9(10)11/h1-4,12H,5-7H2. The van der Waals surface area contributed by atoms with E-state index < -0.39 is 9.84 Å². The van der Waals surface area contributed by atoms with E-state index >= 15 is 0 Å². The first kappa shape index (κ1) is 10.4. The van der Waals surface area contributed by atoms with Gasteiger partial charge in [-0.3, -0.25) is 0 Å². The fourth-order valence-electron chi connectivity index (χ4n) is 1.59. The van der Waals surface area contributed by atoms with E-state index in [1.54, 1.807) is 29.2 Å². The topological polar surface area (TPSA) is 57.6 Å². The molecule has 0 unspecified atom stereocenters. The van der Waals surface area contributed by atoms with Crippen molar-refractivity contribution >= 4 is 15.5 Å². The molecule has 0 saturated carbocycles. The minimum Gasteiger partial charge on any atom is -0.395 e. The van der Waals surface area contributed by atoms with Crippen LogP contribution in [0, 0.1) is 5.75 Å². The maximum absolute atomic E-state index is 11.6. The van der Waals surface area contributed by atoms with E-state index in [0.717, 1.165) is 0 Å². The molecule has 0 saturated heterocycles. The molecule has 0 atom stereocenters. The average molecular weight is 225 g/mol. The second-order valence-corrected chi connectivity index (χ2v) is 5.00. The second kappa shape index (κ2) is 3.83. The predicted octanol–water partition coefficient (Wildman–Crippen LogP) is 0.311. The van der Waals surface area contributed by atoms with Crippen LogP contribution < -0.4 is 4.90 Å². The Morgan fingerprint density at radius 1 is 1.40 bits per heavy atom. The van der Waals surface area contributed by atoms with Gasteiger partial charge in [0.05, 0.1) is 17.2 Å². The third-order valence-corrected chi connectivity index (χ3v) is 3.74. The summed E-state index contributed by atoms with van der Waals surface area (Å²) in [6.07, 6.45) is 0. The molecule has 2 rings (SSSR count). The van der Waals surface area contributed by atoms with Crippen molar-refractivity contribution in [3.8, 4) is 0 Å². The molecule has 4 nitrogen and oxygen atoms in total. The lowest BCUT2D eigenvalue weighted by molar-refractivity contribution is 0.302. The van der Waals surface area contributed by atoms with Crippen molar-refractivity contribution in [2.45, 2.75) is 4.90 Å². The van der Waals surface area contributed by atoms with Crippen molar-refractivity contribution in [1.29, 1.82) is 0 Å². The maximum Gasteiger partial charge on any atom is 0.191 e.